The van der Waals surface area contributed by atoms with Gasteiger partial charge in [-0.25, -0.2) is 9.59 Å². The summed E-state index contributed by atoms with van der Waals surface area (Å²) in [7, 11) is 0. The predicted octanol–water partition coefficient (Wildman–Crippen LogP) is 1.22. The number of carbonyl (C=O) groups is 2. The van der Waals surface area contributed by atoms with E-state index < -0.39 is 12.1 Å². The second-order valence-electron chi connectivity index (χ2n) is 4.88. The molecule has 1 fully saturated rings. The fraction of sp³-hybridized carbons (Fsp3) is 0.692. The normalized spacial score (nSPS) is 22.3. The average molecular weight is 270 g/mol. The molecule has 0 aromatic rings. The predicted molar refractivity (Wildman–Crippen MR) is 71.0 cm³/mol. The highest BCUT2D eigenvalue weighted by Crippen LogP contribution is 2.19. The van der Waals surface area contributed by atoms with E-state index in [2.05, 4.69) is 11.9 Å². The highest BCUT2D eigenvalue weighted by atomic mass is 16.5. The summed E-state index contributed by atoms with van der Waals surface area (Å²) in [6.07, 6.45) is 1.86. The van der Waals surface area contributed by atoms with E-state index in [0.717, 1.165) is 0 Å². The van der Waals surface area contributed by atoms with Gasteiger partial charge in [0, 0.05) is 19.1 Å². The average Bonchev–Trinajstić information content (AvgIpc) is 2.81. The number of carboxylic acids is 1. The Bertz CT molecular complexity index is 344. The number of nitrogens with one attached hydrogen (secondary N) is 1. The molecule has 1 aliphatic rings. The maximum Gasteiger partial charge on any atom is 0.332 e. The zero-order valence-corrected chi connectivity index (χ0v) is 11.5. The first-order valence-electron chi connectivity index (χ1n) is 6.49. The Kier molecular flexibility index (Phi) is 5.82. The molecule has 0 bridgehead atoms. The molecule has 0 saturated carbocycles. The van der Waals surface area contributed by atoms with Crippen molar-refractivity contribution in [2.75, 3.05) is 13.1 Å². The van der Waals surface area contributed by atoms with Crippen LogP contribution in [-0.4, -0.2) is 53.3 Å². The van der Waals surface area contributed by atoms with E-state index in [1.54, 1.807) is 11.0 Å². The molecule has 0 aromatic carbocycles. The molecule has 1 aliphatic heterocycles. The number of amides is 2. The van der Waals surface area contributed by atoms with Gasteiger partial charge < -0.3 is 20.1 Å². The van der Waals surface area contributed by atoms with Crippen LogP contribution in [0.2, 0.25) is 0 Å². The molecule has 1 heterocycles. The lowest BCUT2D eigenvalue weighted by Crippen LogP contribution is -2.46. The van der Waals surface area contributed by atoms with Crippen LogP contribution in [0.25, 0.3) is 0 Å². The fourth-order valence-corrected chi connectivity index (χ4v) is 2.01. The zero-order valence-electron chi connectivity index (χ0n) is 11.5. The van der Waals surface area contributed by atoms with Gasteiger partial charge in [0.05, 0.1) is 6.10 Å². The van der Waals surface area contributed by atoms with Crippen molar-refractivity contribution in [1.29, 1.82) is 0 Å². The Balaban J connectivity index is 2.37. The van der Waals surface area contributed by atoms with Gasteiger partial charge >= 0.3 is 12.0 Å². The summed E-state index contributed by atoms with van der Waals surface area (Å²) in [6, 6.07) is -0.105. The standard InChI is InChI=1S/C13H22N2O4/c1-4-7-15(9(2)3)13(18)14-8-10-5-6-11(19-10)12(16)17/h4,9-11H,1,5-8H2,2-3H3,(H,14,18)(H,16,17). The number of hydrogen-bond acceptors (Lipinski definition) is 3. The van der Waals surface area contributed by atoms with Crippen LogP contribution < -0.4 is 5.32 Å². The molecule has 0 aromatic heterocycles. The molecule has 19 heavy (non-hydrogen) atoms. The molecule has 1 rings (SSSR count). The van der Waals surface area contributed by atoms with E-state index in [1.807, 2.05) is 13.8 Å². The number of nitrogens with zero attached hydrogens (tertiary/aromatic N) is 1. The van der Waals surface area contributed by atoms with Crippen LogP contribution in [0.3, 0.4) is 0 Å². The smallest absolute Gasteiger partial charge is 0.332 e. The van der Waals surface area contributed by atoms with Crippen LogP contribution in [0.15, 0.2) is 12.7 Å². The van der Waals surface area contributed by atoms with Crippen molar-refractivity contribution >= 4 is 12.0 Å². The first-order valence-corrected chi connectivity index (χ1v) is 6.49. The van der Waals surface area contributed by atoms with Gasteiger partial charge in [0.15, 0.2) is 6.10 Å². The number of hydrogen-bond donors (Lipinski definition) is 2. The van der Waals surface area contributed by atoms with Crippen molar-refractivity contribution in [2.45, 2.75) is 44.9 Å². The van der Waals surface area contributed by atoms with Gasteiger partial charge in [-0.15, -0.1) is 6.58 Å². The van der Waals surface area contributed by atoms with E-state index in [0.29, 0.717) is 25.9 Å². The summed E-state index contributed by atoms with van der Waals surface area (Å²) >= 11 is 0. The quantitative estimate of drug-likeness (QED) is 0.711. The topological polar surface area (TPSA) is 78.9 Å². The SMILES string of the molecule is C=CCN(C(=O)NCC1CCC(C(=O)O)O1)C(C)C. The maximum atomic E-state index is 11.9. The van der Waals surface area contributed by atoms with Gasteiger partial charge in [0.1, 0.15) is 0 Å². The number of aliphatic carboxylic acids is 1. The van der Waals surface area contributed by atoms with Gasteiger partial charge in [0.2, 0.25) is 0 Å². The first kappa shape index (κ1) is 15.5. The Morgan fingerprint density at radius 1 is 1.53 bits per heavy atom. The first-order chi connectivity index (χ1) is 8.95. The molecule has 0 spiro atoms. The molecule has 2 unspecified atom stereocenters. The lowest BCUT2D eigenvalue weighted by molar-refractivity contribution is -0.149. The molecule has 0 aliphatic carbocycles. The van der Waals surface area contributed by atoms with Crippen molar-refractivity contribution in [3.8, 4) is 0 Å². The molecular formula is C13H22N2O4. The Hall–Kier alpha value is -1.56. The number of rotatable bonds is 6. The van der Waals surface area contributed by atoms with Crippen LogP contribution in [-0.2, 0) is 9.53 Å². The number of ether oxygens (including phenoxy) is 1. The number of carboxylic acid groups (broad SMARTS) is 1. The minimum absolute atomic E-state index is 0.0780. The van der Waals surface area contributed by atoms with Crippen molar-refractivity contribution in [1.82, 2.24) is 10.2 Å². The van der Waals surface area contributed by atoms with Crippen LogP contribution >= 0.6 is 0 Å². The molecule has 6 nitrogen and oxygen atoms in total. The van der Waals surface area contributed by atoms with Crippen LogP contribution in [0.1, 0.15) is 26.7 Å². The number of urea groups is 1. The summed E-state index contributed by atoms with van der Waals surface area (Å²) in [5.74, 6) is -0.940. The Morgan fingerprint density at radius 3 is 2.68 bits per heavy atom. The summed E-state index contributed by atoms with van der Waals surface area (Å²) < 4.78 is 5.32. The highest BCUT2D eigenvalue weighted by molar-refractivity contribution is 5.75. The van der Waals surface area contributed by atoms with Crippen molar-refractivity contribution in [2.24, 2.45) is 0 Å². The second-order valence-corrected chi connectivity index (χ2v) is 4.88. The summed E-state index contributed by atoms with van der Waals surface area (Å²) in [6.45, 7) is 8.29. The highest BCUT2D eigenvalue weighted by Gasteiger charge is 2.30. The minimum atomic E-state index is -0.940. The second kappa shape index (κ2) is 7.13. The summed E-state index contributed by atoms with van der Waals surface area (Å²) in [4.78, 5) is 24.3. The van der Waals surface area contributed by atoms with E-state index in [1.165, 1.54) is 0 Å². The molecule has 2 amide bonds. The van der Waals surface area contributed by atoms with Gasteiger partial charge in [-0.3, -0.25) is 0 Å². The fourth-order valence-electron chi connectivity index (χ4n) is 2.01. The monoisotopic (exact) mass is 270 g/mol. The van der Waals surface area contributed by atoms with Crippen molar-refractivity contribution in [3.63, 3.8) is 0 Å². The van der Waals surface area contributed by atoms with E-state index in [4.69, 9.17) is 9.84 Å². The van der Waals surface area contributed by atoms with Gasteiger partial charge in [-0.05, 0) is 26.7 Å². The van der Waals surface area contributed by atoms with Crippen LogP contribution in [0, 0.1) is 0 Å². The molecule has 0 radical (unpaired) electrons. The lowest BCUT2D eigenvalue weighted by atomic mass is 10.2. The Morgan fingerprint density at radius 2 is 2.21 bits per heavy atom. The molecule has 2 N–H and O–H groups in total. The lowest BCUT2D eigenvalue weighted by Gasteiger charge is -2.26. The number of carbonyl (C=O) groups excluding carboxylic acids is 1. The van der Waals surface area contributed by atoms with Gasteiger partial charge in [-0.1, -0.05) is 6.08 Å². The van der Waals surface area contributed by atoms with E-state index in [-0.39, 0.29) is 18.2 Å². The minimum Gasteiger partial charge on any atom is -0.479 e. The third kappa shape index (κ3) is 4.55. The van der Waals surface area contributed by atoms with Crippen molar-refractivity contribution < 1.29 is 19.4 Å². The molecule has 2 atom stereocenters. The summed E-state index contributed by atoms with van der Waals surface area (Å²) in [5, 5.41) is 11.6. The molecule has 108 valence electrons. The molecular weight excluding hydrogens is 248 g/mol. The summed E-state index contributed by atoms with van der Waals surface area (Å²) in [5.41, 5.74) is 0. The van der Waals surface area contributed by atoms with Crippen molar-refractivity contribution in [3.05, 3.63) is 12.7 Å². The van der Waals surface area contributed by atoms with E-state index in [9.17, 15) is 9.59 Å². The molecule has 1 saturated heterocycles. The third-order valence-corrected chi connectivity index (χ3v) is 3.07. The van der Waals surface area contributed by atoms with Crippen LogP contribution in [0.5, 0.6) is 0 Å². The van der Waals surface area contributed by atoms with Gasteiger partial charge in [0.25, 0.3) is 0 Å². The maximum absolute atomic E-state index is 11.9. The largest absolute Gasteiger partial charge is 0.479 e. The molecule has 6 heteroatoms. The van der Waals surface area contributed by atoms with E-state index >= 15 is 0 Å². The zero-order chi connectivity index (χ0) is 14.4. The Labute approximate surface area is 113 Å². The van der Waals surface area contributed by atoms with Gasteiger partial charge in [-0.2, -0.15) is 0 Å². The third-order valence-electron chi connectivity index (χ3n) is 3.07. The van der Waals surface area contributed by atoms with Crippen LogP contribution in [0.4, 0.5) is 4.79 Å².